The Bertz CT molecular complexity index is 1650. The average molecular weight is 603 g/mol. The Morgan fingerprint density at radius 2 is 1.59 bits per heavy atom. The van der Waals surface area contributed by atoms with Gasteiger partial charge in [-0.25, -0.2) is 4.79 Å². The number of nitrogens with zero attached hydrogens (tertiary/aromatic N) is 2. The Balaban J connectivity index is 1.36. The summed E-state index contributed by atoms with van der Waals surface area (Å²) in [5, 5.41) is 10.8. The van der Waals surface area contributed by atoms with Crippen LogP contribution in [0.3, 0.4) is 0 Å². The molecule has 1 fully saturated rings. The molecule has 2 aromatic carbocycles. The number of benzene rings is 2. The average Bonchev–Trinajstić information content (AvgIpc) is 3.55. The number of methoxy groups -OCH3 is 3. The fourth-order valence-corrected chi connectivity index (χ4v) is 5.20. The van der Waals surface area contributed by atoms with Crippen molar-refractivity contribution in [2.45, 2.75) is 18.9 Å². The fourth-order valence-electron chi connectivity index (χ4n) is 5.20. The number of hydrogen-bond donors (Lipinski definition) is 1. The molecule has 0 aliphatic carbocycles. The van der Waals surface area contributed by atoms with Gasteiger partial charge in [0.2, 0.25) is 11.2 Å². The second-order valence-corrected chi connectivity index (χ2v) is 10.4. The Morgan fingerprint density at radius 3 is 2.23 bits per heavy atom. The largest absolute Gasteiger partial charge is 0.502 e. The Morgan fingerprint density at radius 1 is 0.886 bits per heavy atom. The summed E-state index contributed by atoms with van der Waals surface area (Å²) in [7, 11) is 4.20. The molecule has 11 heteroatoms. The molecule has 11 nitrogen and oxygen atoms in total. The Labute approximate surface area is 254 Å². The number of aromatic hydroxyl groups is 1. The van der Waals surface area contributed by atoms with Crippen LogP contribution in [0.2, 0.25) is 0 Å². The molecule has 5 rings (SSSR count). The van der Waals surface area contributed by atoms with Gasteiger partial charge in [0.05, 0.1) is 45.8 Å². The zero-order valence-electron chi connectivity index (χ0n) is 24.8. The highest BCUT2D eigenvalue weighted by Gasteiger charge is 2.30. The van der Waals surface area contributed by atoms with Gasteiger partial charge in [0.1, 0.15) is 23.0 Å². The van der Waals surface area contributed by atoms with E-state index >= 15 is 0 Å². The van der Waals surface area contributed by atoms with Crippen LogP contribution in [0.4, 0.5) is 5.69 Å². The third kappa shape index (κ3) is 6.78. The maximum absolute atomic E-state index is 12.9. The van der Waals surface area contributed by atoms with E-state index in [0.29, 0.717) is 35.0 Å². The van der Waals surface area contributed by atoms with E-state index in [2.05, 4.69) is 9.80 Å². The molecule has 0 spiro atoms. The lowest BCUT2D eigenvalue weighted by Gasteiger charge is -2.35. The number of carbonyl (C=O) groups is 2. The second kappa shape index (κ2) is 13.5. The van der Waals surface area contributed by atoms with E-state index in [1.54, 1.807) is 43.5 Å². The molecule has 1 N–H and O–H groups in total. The van der Waals surface area contributed by atoms with Crippen LogP contribution in [0.15, 0.2) is 80.4 Å². The van der Waals surface area contributed by atoms with Gasteiger partial charge in [0, 0.05) is 43.5 Å². The zero-order valence-corrected chi connectivity index (χ0v) is 24.8. The van der Waals surface area contributed by atoms with Crippen molar-refractivity contribution in [3.63, 3.8) is 0 Å². The van der Waals surface area contributed by atoms with Gasteiger partial charge >= 0.3 is 11.9 Å². The van der Waals surface area contributed by atoms with Crippen molar-refractivity contribution in [3.05, 3.63) is 99.8 Å². The summed E-state index contributed by atoms with van der Waals surface area (Å²) >= 11 is 0. The fraction of sp³-hybridized carbons (Fsp3) is 0.303. The van der Waals surface area contributed by atoms with E-state index in [0.717, 1.165) is 37.6 Å². The van der Waals surface area contributed by atoms with Crippen LogP contribution >= 0.6 is 0 Å². The normalized spacial score (nSPS) is 14.2. The molecule has 0 radical (unpaired) electrons. The lowest BCUT2D eigenvalue weighted by atomic mass is 9.98. The zero-order chi connectivity index (χ0) is 31.2. The predicted octanol–water partition coefficient (Wildman–Crippen LogP) is 4.42. The van der Waals surface area contributed by atoms with Crippen molar-refractivity contribution < 1.29 is 37.7 Å². The van der Waals surface area contributed by atoms with E-state index in [1.807, 2.05) is 24.3 Å². The molecule has 1 saturated heterocycles. The van der Waals surface area contributed by atoms with Crippen molar-refractivity contribution in [3.8, 4) is 22.8 Å². The van der Waals surface area contributed by atoms with Crippen LogP contribution in [-0.2, 0) is 20.8 Å². The molecule has 0 bridgehead atoms. The van der Waals surface area contributed by atoms with E-state index in [1.165, 1.54) is 20.3 Å². The highest BCUT2D eigenvalue weighted by atomic mass is 16.5. The molecule has 0 saturated carbocycles. The smallest absolute Gasteiger partial charge is 0.337 e. The summed E-state index contributed by atoms with van der Waals surface area (Å²) in [5.41, 5.74) is 1.55. The number of carbonyl (C=O) groups excluding carboxylic acids is 2. The van der Waals surface area contributed by atoms with Gasteiger partial charge in [-0.3, -0.25) is 14.5 Å². The lowest BCUT2D eigenvalue weighted by Crippen LogP contribution is -2.46. The molecule has 1 aliphatic rings. The molecule has 0 unspecified atom stereocenters. The van der Waals surface area contributed by atoms with Crippen LogP contribution in [0.1, 0.15) is 40.0 Å². The van der Waals surface area contributed by atoms with Crippen molar-refractivity contribution in [2.75, 3.05) is 52.4 Å². The van der Waals surface area contributed by atoms with Gasteiger partial charge in [-0.2, -0.15) is 0 Å². The van der Waals surface area contributed by atoms with Crippen molar-refractivity contribution in [1.29, 1.82) is 0 Å². The van der Waals surface area contributed by atoms with E-state index in [-0.39, 0.29) is 12.2 Å². The van der Waals surface area contributed by atoms with E-state index in [4.69, 9.17) is 23.0 Å². The minimum Gasteiger partial charge on any atom is -0.502 e. The third-order valence-electron chi connectivity index (χ3n) is 7.66. The molecule has 3 heterocycles. The maximum Gasteiger partial charge on any atom is 0.337 e. The molecular formula is C33H34N2O9. The number of rotatable bonds is 10. The van der Waals surface area contributed by atoms with Crippen LogP contribution in [0.5, 0.6) is 11.5 Å². The van der Waals surface area contributed by atoms with Crippen molar-refractivity contribution in [1.82, 2.24) is 4.90 Å². The summed E-state index contributed by atoms with van der Waals surface area (Å²) < 4.78 is 27.1. The van der Waals surface area contributed by atoms with Gasteiger partial charge in [-0.15, -0.1) is 0 Å². The van der Waals surface area contributed by atoms with Crippen LogP contribution in [0.25, 0.3) is 11.3 Å². The molecule has 1 aliphatic heterocycles. The predicted molar refractivity (Wildman–Crippen MR) is 161 cm³/mol. The molecule has 1 atom stereocenters. The number of piperazine rings is 1. The minimum absolute atomic E-state index is 0.0725. The number of ether oxygens (including phenoxy) is 3. The third-order valence-corrected chi connectivity index (χ3v) is 7.66. The summed E-state index contributed by atoms with van der Waals surface area (Å²) in [5.74, 6) is -0.701. The van der Waals surface area contributed by atoms with Crippen LogP contribution in [-0.4, -0.2) is 69.5 Å². The Hall–Kier alpha value is -5.03. The first-order valence-corrected chi connectivity index (χ1v) is 14.1. The Kier molecular flexibility index (Phi) is 9.35. The highest BCUT2D eigenvalue weighted by Crippen LogP contribution is 2.36. The van der Waals surface area contributed by atoms with Crippen molar-refractivity contribution in [2.24, 2.45) is 0 Å². The number of hydrogen-bond acceptors (Lipinski definition) is 11. The summed E-state index contributed by atoms with van der Waals surface area (Å²) in [4.78, 5) is 41.5. The van der Waals surface area contributed by atoms with Gasteiger partial charge in [0.25, 0.3) is 0 Å². The monoisotopic (exact) mass is 602 g/mol. The molecule has 44 heavy (non-hydrogen) atoms. The summed E-state index contributed by atoms with van der Waals surface area (Å²) in [6, 6.07) is 19.2. The first kappa shape index (κ1) is 30.4. The second-order valence-electron chi connectivity index (χ2n) is 10.4. The van der Waals surface area contributed by atoms with Gasteiger partial charge < -0.3 is 33.1 Å². The number of furan rings is 1. The highest BCUT2D eigenvalue weighted by molar-refractivity contribution is 5.89. The van der Waals surface area contributed by atoms with Gasteiger partial charge in [0.15, 0.2) is 5.76 Å². The molecule has 0 amide bonds. The van der Waals surface area contributed by atoms with E-state index < -0.39 is 29.0 Å². The molecular weight excluding hydrogens is 568 g/mol. The molecule has 2 aromatic heterocycles. The number of anilines is 1. The van der Waals surface area contributed by atoms with Gasteiger partial charge in [-0.1, -0.05) is 12.1 Å². The van der Waals surface area contributed by atoms with Crippen LogP contribution < -0.4 is 15.1 Å². The first-order chi connectivity index (χ1) is 21.3. The quantitative estimate of drug-likeness (QED) is 0.259. The molecule has 4 aromatic rings. The van der Waals surface area contributed by atoms with E-state index in [9.17, 15) is 19.5 Å². The standard InChI is InChI=1S/C33H34N2O9/c1-40-24-10-8-23(9-11-24)35-16-14-34(15-17-35)20-25-18-27(36)31(38)32(43-25)26(19-30(37)41-2)29-13-12-28(44-29)21-4-6-22(7-5-21)33(39)42-3/h4-13,18,26,38H,14-17,19-20H2,1-3H3/t26-/m0/s1. The topological polar surface area (TPSA) is 132 Å². The first-order valence-electron chi connectivity index (χ1n) is 14.1. The lowest BCUT2D eigenvalue weighted by molar-refractivity contribution is -0.141. The van der Waals surface area contributed by atoms with Gasteiger partial charge in [-0.05, 0) is 48.5 Å². The summed E-state index contributed by atoms with van der Waals surface area (Å²) in [6.45, 7) is 3.37. The van der Waals surface area contributed by atoms with Crippen LogP contribution in [0, 0.1) is 0 Å². The summed E-state index contributed by atoms with van der Waals surface area (Å²) in [6.07, 6.45) is -0.231. The molecule has 230 valence electrons. The minimum atomic E-state index is -0.926. The van der Waals surface area contributed by atoms with Crippen molar-refractivity contribution >= 4 is 17.6 Å². The number of esters is 2. The SMILES string of the molecule is COC(=O)C[C@@H](c1ccc(-c2ccc(C(=O)OC)cc2)o1)c1oc(CN2CCN(c3ccc(OC)cc3)CC2)cc(=O)c1O. The maximum atomic E-state index is 12.9.